The van der Waals surface area contributed by atoms with Crippen molar-refractivity contribution in [3.8, 4) is 40.1 Å². The Morgan fingerprint density at radius 1 is 0.947 bits per heavy atom. The van der Waals surface area contributed by atoms with Gasteiger partial charge in [0.1, 0.15) is 11.5 Å². The quantitative estimate of drug-likeness (QED) is 0.176. The molecule has 0 aliphatic carbocycles. The largest absolute Gasteiger partial charge is 0.504 e. The van der Waals surface area contributed by atoms with Crippen LogP contribution in [-0.4, -0.2) is 58.6 Å². The maximum absolute atomic E-state index is 12.6. The molecule has 0 saturated heterocycles. The summed E-state index contributed by atoms with van der Waals surface area (Å²) in [6.45, 7) is 1.75. The number of nitrogens with one attached hydrogen (secondary N) is 1. The lowest BCUT2D eigenvalue weighted by Gasteiger charge is -2.11. The van der Waals surface area contributed by atoms with Crippen LogP contribution in [0.15, 0.2) is 77.0 Å². The molecule has 11 heteroatoms. The highest BCUT2D eigenvalue weighted by molar-refractivity contribution is 7.99. The lowest BCUT2D eigenvalue weighted by molar-refractivity contribution is -0.118. The third kappa shape index (κ3) is 6.06. The molecule has 0 fully saturated rings. The van der Waals surface area contributed by atoms with Gasteiger partial charge in [-0.15, -0.1) is 10.2 Å². The Hall–Kier alpha value is -4.51. The number of carbonyl (C=O) groups is 1. The van der Waals surface area contributed by atoms with Crippen molar-refractivity contribution in [3.05, 3.63) is 72.3 Å². The molecular weight excluding hydrogens is 506 g/mol. The smallest absolute Gasteiger partial charge is 0.250 e. The normalized spacial score (nSPS) is 11.2. The van der Waals surface area contributed by atoms with Crippen LogP contribution < -0.4 is 19.6 Å². The first-order chi connectivity index (χ1) is 18.4. The fraction of sp³-hybridized carbons (Fsp3) is 0.185. The number of methoxy groups -OCH3 is 3. The maximum Gasteiger partial charge on any atom is 0.250 e. The molecule has 10 nitrogen and oxygen atoms in total. The molecule has 0 saturated carbocycles. The van der Waals surface area contributed by atoms with E-state index in [1.54, 1.807) is 33.3 Å². The number of thioether (sulfide) groups is 1. The molecule has 0 bridgehead atoms. The SMILES string of the molecule is COc1ccc(-c2nnc(SCC(=O)N/N=C(\C)c3ccc(O)c(OC)c3)n2-c2ccc(OC)cc2)cc1. The zero-order valence-electron chi connectivity index (χ0n) is 21.3. The van der Waals surface area contributed by atoms with Gasteiger partial charge in [0, 0.05) is 16.8 Å². The Bertz CT molecular complexity index is 1440. The molecule has 0 aliphatic heterocycles. The summed E-state index contributed by atoms with van der Waals surface area (Å²) in [6, 6.07) is 19.9. The number of hydrogen-bond donors (Lipinski definition) is 2. The summed E-state index contributed by atoms with van der Waals surface area (Å²) >= 11 is 1.24. The van der Waals surface area contributed by atoms with Crippen LogP contribution in [0.1, 0.15) is 12.5 Å². The van der Waals surface area contributed by atoms with E-state index in [4.69, 9.17) is 14.2 Å². The molecule has 0 radical (unpaired) electrons. The summed E-state index contributed by atoms with van der Waals surface area (Å²) in [5.41, 5.74) is 5.49. The molecule has 0 unspecified atom stereocenters. The molecule has 3 aromatic carbocycles. The molecule has 1 aromatic heterocycles. The van der Waals surface area contributed by atoms with Crippen molar-refractivity contribution < 1.29 is 24.1 Å². The van der Waals surface area contributed by atoms with E-state index in [1.165, 1.54) is 24.9 Å². The monoisotopic (exact) mass is 533 g/mol. The summed E-state index contributed by atoms with van der Waals surface area (Å²) < 4.78 is 17.6. The first-order valence-corrected chi connectivity index (χ1v) is 12.5. The van der Waals surface area contributed by atoms with E-state index in [-0.39, 0.29) is 17.4 Å². The number of hydrogen-bond acceptors (Lipinski definition) is 9. The minimum atomic E-state index is -0.310. The molecule has 38 heavy (non-hydrogen) atoms. The van der Waals surface area contributed by atoms with Crippen molar-refractivity contribution in [3.63, 3.8) is 0 Å². The van der Waals surface area contributed by atoms with Gasteiger partial charge >= 0.3 is 0 Å². The first kappa shape index (κ1) is 26.6. The fourth-order valence-electron chi connectivity index (χ4n) is 3.53. The second kappa shape index (κ2) is 12.2. The molecule has 4 aromatic rings. The van der Waals surface area contributed by atoms with Crippen LogP contribution in [0.5, 0.6) is 23.0 Å². The van der Waals surface area contributed by atoms with Gasteiger partial charge in [-0.1, -0.05) is 11.8 Å². The summed E-state index contributed by atoms with van der Waals surface area (Å²) in [4.78, 5) is 12.6. The van der Waals surface area contributed by atoms with Gasteiger partial charge < -0.3 is 19.3 Å². The fourth-order valence-corrected chi connectivity index (χ4v) is 4.27. The van der Waals surface area contributed by atoms with Crippen LogP contribution in [0.4, 0.5) is 0 Å². The highest BCUT2D eigenvalue weighted by Gasteiger charge is 2.18. The Balaban J connectivity index is 1.53. The number of amides is 1. The average Bonchev–Trinajstić information content (AvgIpc) is 3.39. The van der Waals surface area contributed by atoms with Crippen molar-refractivity contribution in [2.75, 3.05) is 27.1 Å². The number of phenols is 1. The molecule has 4 rings (SSSR count). The molecule has 2 N–H and O–H groups in total. The van der Waals surface area contributed by atoms with E-state index in [0.29, 0.717) is 28.0 Å². The van der Waals surface area contributed by atoms with Gasteiger partial charge in [0.05, 0.1) is 32.8 Å². The minimum absolute atomic E-state index is 0.0273. The third-order valence-corrected chi connectivity index (χ3v) is 6.52. The maximum atomic E-state index is 12.6. The highest BCUT2D eigenvalue weighted by Crippen LogP contribution is 2.30. The van der Waals surface area contributed by atoms with Crippen LogP contribution in [0, 0.1) is 0 Å². The van der Waals surface area contributed by atoms with Crippen molar-refractivity contribution >= 4 is 23.4 Å². The standard InChI is InChI=1S/C27H27N5O5S/c1-17(19-7-14-23(33)24(15-19)37-4)28-29-25(34)16-38-27-31-30-26(18-5-10-21(35-2)11-6-18)32(27)20-8-12-22(36-3)13-9-20/h5-15,33H,16H2,1-4H3,(H,29,34)/b28-17+. The predicted molar refractivity (Wildman–Crippen MR) is 146 cm³/mol. The number of rotatable bonds is 10. The van der Waals surface area contributed by atoms with Gasteiger partial charge in [0.25, 0.3) is 5.91 Å². The average molecular weight is 534 g/mol. The van der Waals surface area contributed by atoms with Crippen molar-refractivity contribution in [2.24, 2.45) is 5.10 Å². The highest BCUT2D eigenvalue weighted by atomic mass is 32.2. The van der Waals surface area contributed by atoms with Crippen LogP contribution in [0.2, 0.25) is 0 Å². The minimum Gasteiger partial charge on any atom is -0.504 e. The summed E-state index contributed by atoms with van der Waals surface area (Å²) in [7, 11) is 4.69. The van der Waals surface area contributed by atoms with E-state index in [2.05, 4.69) is 20.7 Å². The van der Waals surface area contributed by atoms with Crippen LogP contribution in [-0.2, 0) is 4.79 Å². The van der Waals surface area contributed by atoms with Crippen molar-refractivity contribution in [2.45, 2.75) is 12.1 Å². The molecule has 0 aliphatic rings. The number of phenolic OH excluding ortho intramolecular Hbond substituents is 1. The Morgan fingerprint density at radius 3 is 2.24 bits per heavy atom. The summed E-state index contributed by atoms with van der Waals surface area (Å²) in [5, 5.41) is 23.3. The van der Waals surface area contributed by atoms with Gasteiger partial charge in [-0.3, -0.25) is 9.36 Å². The van der Waals surface area contributed by atoms with E-state index in [9.17, 15) is 9.90 Å². The van der Waals surface area contributed by atoms with Crippen molar-refractivity contribution in [1.29, 1.82) is 0 Å². The Morgan fingerprint density at radius 2 is 1.61 bits per heavy atom. The number of ether oxygens (including phenoxy) is 3. The number of aromatic nitrogens is 3. The van der Waals surface area contributed by atoms with Crippen molar-refractivity contribution in [1.82, 2.24) is 20.2 Å². The second-order valence-electron chi connectivity index (χ2n) is 7.98. The van der Waals surface area contributed by atoms with Gasteiger partial charge in [-0.2, -0.15) is 5.10 Å². The summed E-state index contributed by atoms with van der Waals surface area (Å²) in [5.74, 6) is 2.18. The number of carbonyl (C=O) groups excluding carboxylic acids is 1. The van der Waals surface area contributed by atoms with E-state index < -0.39 is 0 Å². The predicted octanol–water partition coefficient (Wildman–Crippen LogP) is 4.30. The number of hydrazone groups is 1. The van der Waals surface area contributed by atoms with Crippen LogP contribution in [0.25, 0.3) is 17.1 Å². The molecule has 196 valence electrons. The molecule has 1 heterocycles. The van der Waals surface area contributed by atoms with Gasteiger partial charge in [-0.05, 0) is 73.7 Å². The second-order valence-corrected chi connectivity index (χ2v) is 8.92. The Kier molecular flexibility index (Phi) is 8.49. The van der Waals surface area contributed by atoms with Crippen LogP contribution >= 0.6 is 11.8 Å². The summed E-state index contributed by atoms with van der Waals surface area (Å²) in [6.07, 6.45) is 0. The number of nitrogens with zero attached hydrogens (tertiary/aromatic N) is 4. The molecular formula is C27H27N5O5S. The topological polar surface area (TPSA) is 120 Å². The Labute approximate surface area is 224 Å². The van der Waals surface area contributed by atoms with E-state index in [0.717, 1.165) is 22.7 Å². The first-order valence-electron chi connectivity index (χ1n) is 11.5. The zero-order chi connectivity index (χ0) is 27.1. The van der Waals surface area contributed by atoms with E-state index >= 15 is 0 Å². The lowest BCUT2D eigenvalue weighted by Crippen LogP contribution is -2.21. The van der Waals surface area contributed by atoms with Gasteiger partial charge in [0.15, 0.2) is 22.5 Å². The number of aromatic hydroxyl groups is 1. The molecule has 1 amide bonds. The number of benzene rings is 3. The van der Waals surface area contributed by atoms with E-state index in [1.807, 2.05) is 53.1 Å². The third-order valence-electron chi connectivity index (χ3n) is 5.59. The molecule has 0 spiro atoms. The lowest BCUT2D eigenvalue weighted by atomic mass is 10.1. The zero-order valence-corrected chi connectivity index (χ0v) is 22.2. The molecule has 0 atom stereocenters. The van der Waals surface area contributed by atoms with Crippen LogP contribution in [0.3, 0.4) is 0 Å². The van der Waals surface area contributed by atoms with Gasteiger partial charge in [-0.25, -0.2) is 5.43 Å². The van der Waals surface area contributed by atoms with Gasteiger partial charge in [0.2, 0.25) is 0 Å².